The zero-order valence-corrected chi connectivity index (χ0v) is 19.4. The first-order valence-corrected chi connectivity index (χ1v) is 10.9. The second kappa shape index (κ2) is 9.84. The van der Waals surface area contributed by atoms with Crippen LogP contribution < -0.4 is 14.8 Å². The molecule has 1 aromatic heterocycles. The third-order valence-electron chi connectivity index (χ3n) is 5.26. The Kier molecular flexibility index (Phi) is 6.71. The van der Waals surface area contributed by atoms with Gasteiger partial charge in [0, 0.05) is 39.4 Å². The average Bonchev–Trinajstić information content (AvgIpc) is 3.23. The van der Waals surface area contributed by atoms with Crippen LogP contribution in [-0.2, 0) is 4.79 Å². The molecule has 4 rings (SSSR count). The minimum absolute atomic E-state index is 0.232. The number of hydrogen-bond donors (Lipinski definition) is 1. The maximum Gasteiger partial charge on any atom is 0.248 e. The summed E-state index contributed by atoms with van der Waals surface area (Å²) in [6, 6.07) is 18.7. The van der Waals surface area contributed by atoms with E-state index >= 15 is 0 Å². The smallest absolute Gasteiger partial charge is 0.248 e. The second-order valence-corrected chi connectivity index (χ2v) is 7.92. The Morgan fingerprint density at radius 3 is 2.48 bits per heavy atom. The van der Waals surface area contributed by atoms with Gasteiger partial charge in [0.05, 0.1) is 20.0 Å². The molecular weight excluding hydrogens is 438 g/mol. The van der Waals surface area contributed by atoms with Crippen molar-refractivity contribution in [1.82, 2.24) is 0 Å². The van der Waals surface area contributed by atoms with E-state index in [0.717, 1.165) is 33.4 Å². The number of benzene rings is 3. The highest BCUT2D eigenvalue weighted by Crippen LogP contribution is 2.37. The average molecular weight is 462 g/mol. The Bertz CT molecular complexity index is 1300. The number of anilines is 1. The van der Waals surface area contributed by atoms with Crippen LogP contribution in [0.1, 0.15) is 19.4 Å². The van der Waals surface area contributed by atoms with E-state index in [0.29, 0.717) is 28.6 Å². The van der Waals surface area contributed by atoms with Crippen molar-refractivity contribution < 1.29 is 18.7 Å². The van der Waals surface area contributed by atoms with Crippen molar-refractivity contribution in [3.05, 3.63) is 83.6 Å². The lowest BCUT2D eigenvalue weighted by atomic mass is 9.99. The standard InChI is InChI=1S/C27H24ClNO4/c1-4-32-21-11-9-20(10-12-21)29-27(30)13-17(2)22-14-23-24(18-5-7-19(28)8-6-18)16-33-26(23)15-25(22)31-3/h5-16H,4H2,1-3H3,(H,29,30)/b17-13+. The van der Waals surface area contributed by atoms with Crippen LogP contribution in [0.15, 0.2) is 77.4 Å². The van der Waals surface area contributed by atoms with Gasteiger partial charge in [-0.25, -0.2) is 0 Å². The van der Waals surface area contributed by atoms with Crippen molar-refractivity contribution >= 4 is 39.7 Å². The van der Waals surface area contributed by atoms with Gasteiger partial charge >= 0.3 is 0 Å². The van der Waals surface area contributed by atoms with Gasteiger partial charge in [-0.1, -0.05) is 23.7 Å². The van der Waals surface area contributed by atoms with Crippen molar-refractivity contribution in [2.24, 2.45) is 0 Å². The molecular formula is C27H24ClNO4. The molecule has 0 saturated heterocycles. The summed E-state index contributed by atoms with van der Waals surface area (Å²) in [4.78, 5) is 12.6. The highest BCUT2D eigenvalue weighted by molar-refractivity contribution is 6.30. The van der Waals surface area contributed by atoms with E-state index < -0.39 is 0 Å². The topological polar surface area (TPSA) is 60.7 Å². The normalized spacial score (nSPS) is 11.5. The molecule has 0 aliphatic heterocycles. The number of rotatable bonds is 7. The Morgan fingerprint density at radius 2 is 1.82 bits per heavy atom. The Morgan fingerprint density at radius 1 is 1.09 bits per heavy atom. The molecule has 33 heavy (non-hydrogen) atoms. The van der Waals surface area contributed by atoms with Crippen molar-refractivity contribution in [3.63, 3.8) is 0 Å². The fourth-order valence-corrected chi connectivity index (χ4v) is 3.76. The summed E-state index contributed by atoms with van der Waals surface area (Å²) < 4.78 is 16.8. The number of halogens is 1. The lowest BCUT2D eigenvalue weighted by molar-refractivity contribution is -0.111. The van der Waals surface area contributed by atoms with Gasteiger partial charge in [-0.3, -0.25) is 4.79 Å². The summed E-state index contributed by atoms with van der Waals surface area (Å²) in [7, 11) is 1.60. The molecule has 0 unspecified atom stereocenters. The van der Waals surface area contributed by atoms with Gasteiger partial charge in [0.25, 0.3) is 0 Å². The molecule has 6 heteroatoms. The molecule has 1 heterocycles. The Labute approximate surface area is 197 Å². The molecule has 0 aliphatic rings. The maximum absolute atomic E-state index is 12.6. The number of nitrogens with one attached hydrogen (secondary N) is 1. The SMILES string of the molecule is CCOc1ccc(NC(=O)/C=C(\C)c2cc3c(-c4ccc(Cl)cc4)coc3cc2OC)cc1. The predicted octanol–water partition coefficient (Wildman–Crippen LogP) is 7.20. The van der Waals surface area contributed by atoms with E-state index in [1.165, 1.54) is 0 Å². The molecule has 0 aliphatic carbocycles. The molecule has 1 N–H and O–H groups in total. The molecule has 1 amide bonds. The van der Waals surface area contributed by atoms with E-state index in [1.54, 1.807) is 19.4 Å². The van der Waals surface area contributed by atoms with Gasteiger partial charge in [0.15, 0.2) is 0 Å². The monoisotopic (exact) mass is 461 g/mol. The minimum Gasteiger partial charge on any atom is -0.496 e. The molecule has 0 spiro atoms. The number of methoxy groups -OCH3 is 1. The van der Waals surface area contributed by atoms with Crippen LogP contribution >= 0.6 is 11.6 Å². The highest BCUT2D eigenvalue weighted by Gasteiger charge is 2.15. The number of carbonyl (C=O) groups excluding carboxylic acids is 1. The van der Waals surface area contributed by atoms with Gasteiger partial charge in [0.2, 0.25) is 5.91 Å². The fraction of sp³-hybridized carbons (Fsp3) is 0.148. The molecule has 5 nitrogen and oxygen atoms in total. The van der Waals surface area contributed by atoms with E-state index in [2.05, 4.69) is 5.32 Å². The van der Waals surface area contributed by atoms with Crippen molar-refractivity contribution in [2.75, 3.05) is 19.0 Å². The van der Waals surface area contributed by atoms with E-state index in [9.17, 15) is 4.79 Å². The van der Waals surface area contributed by atoms with E-state index in [1.807, 2.05) is 74.5 Å². The first kappa shape index (κ1) is 22.5. The van der Waals surface area contributed by atoms with Crippen LogP contribution in [0.2, 0.25) is 5.02 Å². The minimum atomic E-state index is -0.232. The Hall–Kier alpha value is -3.70. The van der Waals surface area contributed by atoms with Crippen molar-refractivity contribution in [3.8, 4) is 22.6 Å². The zero-order chi connectivity index (χ0) is 23.4. The number of hydrogen-bond acceptors (Lipinski definition) is 4. The van der Waals surface area contributed by atoms with Crippen molar-refractivity contribution in [2.45, 2.75) is 13.8 Å². The molecule has 4 aromatic rings. The number of ether oxygens (including phenoxy) is 2. The number of carbonyl (C=O) groups is 1. The third-order valence-corrected chi connectivity index (χ3v) is 5.51. The van der Waals surface area contributed by atoms with Crippen LogP contribution in [0.3, 0.4) is 0 Å². The zero-order valence-electron chi connectivity index (χ0n) is 18.6. The maximum atomic E-state index is 12.6. The van der Waals surface area contributed by atoms with Gasteiger partial charge in [-0.15, -0.1) is 0 Å². The van der Waals surface area contributed by atoms with Crippen LogP contribution in [0, 0.1) is 0 Å². The van der Waals surface area contributed by atoms with Crippen LogP contribution in [0.25, 0.3) is 27.7 Å². The lowest BCUT2D eigenvalue weighted by Crippen LogP contribution is -2.08. The number of amides is 1. The molecule has 0 saturated carbocycles. The first-order chi connectivity index (χ1) is 16.0. The Balaban J connectivity index is 1.63. The van der Waals surface area contributed by atoms with Crippen LogP contribution in [0.5, 0.6) is 11.5 Å². The fourth-order valence-electron chi connectivity index (χ4n) is 3.64. The summed E-state index contributed by atoms with van der Waals surface area (Å²) in [5, 5.41) is 4.48. The summed E-state index contributed by atoms with van der Waals surface area (Å²) in [6.45, 7) is 4.40. The molecule has 0 bridgehead atoms. The molecule has 0 atom stereocenters. The van der Waals surface area contributed by atoms with Crippen LogP contribution in [-0.4, -0.2) is 19.6 Å². The number of furan rings is 1. The summed E-state index contributed by atoms with van der Waals surface area (Å²) >= 11 is 6.03. The molecule has 0 fully saturated rings. The molecule has 168 valence electrons. The van der Waals surface area contributed by atoms with Gasteiger partial charge in [-0.2, -0.15) is 0 Å². The van der Waals surface area contributed by atoms with Gasteiger partial charge < -0.3 is 19.2 Å². The molecule has 0 radical (unpaired) electrons. The molecule has 3 aromatic carbocycles. The lowest BCUT2D eigenvalue weighted by Gasteiger charge is -2.10. The number of allylic oxidation sites excluding steroid dienone is 1. The summed E-state index contributed by atoms with van der Waals surface area (Å²) in [5.41, 5.74) is 4.90. The summed E-state index contributed by atoms with van der Waals surface area (Å²) in [6.07, 6.45) is 3.27. The van der Waals surface area contributed by atoms with Crippen LogP contribution in [0.4, 0.5) is 5.69 Å². The van der Waals surface area contributed by atoms with E-state index in [4.69, 9.17) is 25.5 Å². The highest BCUT2D eigenvalue weighted by atomic mass is 35.5. The summed E-state index contributed by atoms with van der Waals surface area (Å²) in [5.74, 6) is 1.16. The van der Waals surface area contributed by atoms with Crippen molar-refractivity contribution in [1.29, 1.82) is 0 Å². The van der Waals surface area contributed by atoms with Gasteiger partial charge in [0.1, 0.15) is 17.1 Å². The second-order valence-electron chi connectivity index (χ2n) is 7.48. The number of fused-ring (bicyclic) bond motifs is 1. The van der Waals surface area contributed by atoms with Gasteiger partial charge in [-0.05, 0) is 67.4 Å². The quantitative estimate of drug-likeness (QED) is 0.295. The first-order valence-electron chi connectivity index (χ1n) is 10.6. The van der Waals surface area contributed by atoms with E-state index in [-0.39, 0.29) is 5.91 Å². The third kappa shape index (κ3) is 5.04. The largest absolute Gasteiger partial charge is 0.496 e. The predicted molar refractivity (Wildman–Crippen MR) is 133 cm³/mol.